The summed E-state index contributed by atoms with van der Waals surface area (Å²) in [7, 11) is 2.06. The van der Waals surface area contributed by atoms with Gasteiger partial charge in [-0.25, -0.2) is 0 Å². The molecule has 0 bridgehead atoms. The second kappa shape index (κ2) is 4.71. The first-order valence-corrected chi connectivity index (χ1v) is 5.76. The van der Waals surface area contributed by atoms with Crippen LogP contribution < -0.4 is 5.56 Å². The first-order chi connectivity index (χ1) is 8.08. The quantitative estimate of drug-likeness (QED) is 0.754. The zero-order valence-corrected chi connectivity index (χ0v) is 10.1. The van der Waals surface area contributed by atoms with E-state index in [0.29, 0.717) is 11.6 Å². The van der Waals surface area contributed by atoms with Crippen LogP contribution in [0.25, 0.3) is 0 Å². The predicted octanol–water partition coefficient (Wildman–Crippen LogP) is 0.151. The molecule has 92 valence electrons. The highest BCUT2D eigenvalue weighted by Crippen LogP contribution is 2.10. The van der Waals surface area contributed by atoms with Crippen molar-refractivity contribution >= 4 is 5.91 Å². The van der Waals surface area contributed by atoms with Crippen molar-refractivity contribution in [3.8, 4) is 0 Å². The Hall–Kier alpha value is -1.62. The molecule has 1 saturated heterocycles. The number of pyridine rings is 1. The molecule has 1 aliphatic heterocycles. The van der Waals surface area contributed by atoms with Crippen LogP contribution in [0.4, 0.5) is 0 Å². The number of H-pyrrole nitrogens is 1. The Kier molecular flexibility index (Phi) is 3.28. The van der Waals surface area contributed by atoms with Gasteiger partial charge in [0.2, 0.25) is 5.56 Å². The second-order valence-electron chi connectivity index (χ2n) is 4.52. The Bertz CT molecular complexity index is 449. The molecule has 1 unspecified atom stereocenters. The molecule has 1 amide bonds. The van der Waals surface area contributed by atoms with Crippen LogP contribution in [-0.2, 0) is 0 Å². The number of nitrogens with zero attached hydrogens (tertiary/aromatic N) is 2. The molecule has 0 radical (unpaired) electrons. The molecule has 2 heterocycles. The second-order valence-corrected chi connectivity index (χ2v) is 4.52. The minimum atomic E-state index is -0.187. The summed E-state index contributed by atoms with van der Waals surface area (Å²) < 4.78 is 0. The lowest BCUT2D eigenvalue weighted by molar-refractivity contribution is 0.0572. The number of piperazine rings is 1. The molecule has 2 rings (SSSR count). The van der Waals surface area contributed by atoms with E-state index in [4.69, 9.17) is 0 Å². The molecule has 5 heteroatoms. The number of amides is 1. The van der Waals surface area contributed by atoms with Crippen molar-refractivity contribution in [3.05, 3.63) is 34.2 Å². The van der Waals surface area contributed by atoms with Gasteiger partial charge >= 0.3 is 0 Å². The number of hydrogen-bond donors (Lipinski definition) is 1. The van der Waals surface area contributed by atoms with Crippen molar-refractivity contribution in [1.82, 2.24) is 14.8 Å². The molecule has 1 aliphatic rings. The van der Waals surface area contributed by atoms with Crippen LogP contribution in [0, 0.1) is 0 Å². The normalized spacial score (nSPS) is 21.5. The third kappa shape index (κ3) is 2.55. The van der Waals surface area contributed by atoms with Crippen molar-refractivity contribution in [2.75, 3.05) is 26.7 Å². The lowest BCUT2D eigenvalue weighted by Gasteiger charge is -2.37. The maximum absolute atomic E-state index is 12.1. The number of nitrogens with one attached hydrogen (secondary N) is 1. The Morgan fingerprint density at radius 1 is 1.41 bits per heavy atom. The topological polar surface area (TPSA) is 56.4 Å². The lowest BCUT2D eigenvalue weighted by Crippen LogP contribution is -2.52. The first-order valence-electron chi connectivity index (χ1n) is 5.76. The molecule has 1 fully saturated rings. The van der Waals surface area contributed by atoms with Crippen molar-refractivity contribution in [2.45, 2.75) is 13.0 Å². The average Bonchev–Trinajstić information content (AvgIpc) is 2.33. The molecule has 0 aliphatic carbocycles. The number of aromatic amines is 1. The van der Waals surface area contributed by atoms with E-state index in [-0.39, 0.29) is 11.5 Å². The van der Waals surface area contributed by atoms with Gasteiger partial charge in [-0.3, -0.25) is 9.59 Å². The monoisotopic (exact) mass is 235 g/mol. The molecule has 0 aromatic carbocycles. The van der Waals surface area contributed by atoms with Gasteiger partial charge in [0.05, 0.1) is 5.56 Å². The number of likely N-dealkylation sites (N-methyl/N-ethyl adjacent to an activating group) is 1. The summed E-state index contributed by atoms with van der Waals surface area (Å²) in [4.78, 5) is 29.7. The third-order valence-electron chi connectivity index (χ3n) is 3.28. The Morgan fingerprint density at radius 2 is 2.18 bits per heavy atom. The SMILES string of the molecule is CC1CN(C(=O)c2ccc(=O)[nH]c2)CCN1C. The van der Waals surface area contributed by atoms with Crippen LogP contribution in [0.1, 0.15) is 17.3 Å². The van der Waals surface area contributed by atoms with Crippen molar-refractivity contribution in [1.29, 1.82) is 0 Å². The van der Waals surface area contributed by atoms with Crippen LogP contribution in [0.5, 0.6) is 0 Å². The third-order valence-corrected chi connectivity index (χ3v) is 3.28. The Labute approximate surface area is 100 Å². The summed E-state index contributed by atoms with van der Waals surface area (Å²) in [5.41, 5.74) is 0.356. The minimum Gasteiger partial charge on any atom is -0.336 e. The van der Waals surface area contributed by atoms with Crippen molar-refractivity contribution < 1.29 is 4.79 Å². The smallest absolute Gasteiger partial charge is 0.255 e. The minimum absolute atomic E-state index is 0.0128. The summed E-state index contributed by atoms with van der Waals surface area (Å²) in [5, 5.41) is 0. The van der Waals surface area contributed by atoms with Gasteiger partial charge in [0, 0.05) is 37.9 Å². The van der Waals surface area contributed by atoms with E-state index in [2.05, 4.69) is 23.9 Å². The summed E-state index contributed by atoms with van der Waals surface area (Å²) in [5.74, 6) is -0.0128. The maximum atomic E-state index is 12.1. The first kappa shape index (κ1) is 11.9. The molecule has 1 aromatic rings. The van der Waals surface area contributed by atoms with Crippen LogP contribution in [-0.4, -0.2) is 53.4 Å². The highest BCUT2D eigenvalue weighted by atomic mass is 16.2. The van der Waals surface area contributed by atoms with Crippen molar-refractivity contribution in [3.63, 3.8) is 0 Å². The van der Waals surface area contributed by atoms with Gasteiger partial charge in [-0.1, -0.05) is 0 Å². The molecule has 5 nitrogen and oxygen atoms in total. The largest absolute Gasteiger partial charge is 0.336 e. The van der Waals surface area contributed by atoms with Gasteiger partial charge in [-0.05, 0) is 20.0 Å². The van der Waals surface area contributed by atoms with Crippen LogP contribution in [0.15, 0.2) is 23.1 Å². The van der Waals surface area contributed by atoms with Gasteiger partial charge in [-0.15, -0.1) is 0 Å². The molecule has 1 N–H and O–H groups in total. The summed E-state index contributed by atoms with van der Waals surface area (Å²) >= 11 is 0. The highest BCUT2D eigenvalue weighted by Gasteiger charge is 2.24. The highest BCUT2D eigenvalue weighted by molar-refractivity contribution is 5.93. The molecule has 17 heavy (non-hydrogen) atoms. The van der Waals surface area contributed by atoms with E-state index in [0.717, 1.165) is 19.6 Å². The van der Waals surface area contributed by atoms with Crippen LogP contribution in [0.2, 0.25) is 0 Å². The molecule has 0 spiro atoms. The number of hydrogen-bond acceptors (Lipinski definition) is 3. The van der Waals surface area contributed by atoms with E-state index < -0.39 is 0 Å². The van der Waals surface area contributed by atoms with Gasteiger partial charge in [0.25, 0.3) is 5.91 Å². The average molecular weight is 235 g/mol. The zero-order valence-electron chi connectivity index (χ0n) is 10.1. The predicted molar refractivity (Wildman–Crippen MR) is 65.1 cm³/mol. The molecule has 1 atom stereocenters. The van der Waals surface area contributed by atoms with Gasteiger partial charge in [0.1, 0.15) is 0 Å². The number of aromatic nitrogens is 1. The van der Waals surface area contributed by atoms with Gasteiger partial charge in [0.15, 0.2) is 0 Å². The molecular formula is C12H17N3O2. The standard InChI is InChI=1S/C12H17N3O2/c1-9-8-15(6-5-14(9)2)12(17)10-3-4-11(16)13-7-10/h3-4,7,9H,5-6,8H2,1-2H3,(H,13,16). The fourth-order valence-corrected chi connectivity index (χ4v) is 1.96. The summed E-state index contributed by atoms with van der Waals surface area (Å²) in [6.07, 6.45) is 1.48. The van der Waals surface area contributed by atoms with Gasteiger partial charge in [-0.2, -0.15) is 0 Å². The molecular weight excluding hydrogens is 218 g/mol. The number of carbonyl (C=O) groups is 1. The number of rotatable bonds is 1. The number of carbonyl (C=O) groups excluding carboxylic acids is 1. The Morgan fingerprint density at radius 3 is 2.76 bits per heavy atom. The Balaban J connectivity index is 2.10. The van der Waals surface area contributed by atoms with Gasteiger partial charge < -0.3 is 14.8 Å². The van der Waals surface area contributed by atoms with E-state index in [1.54, 1.807) is 6.07 Å². The fraction of sp³-hybridized carbons (Fsp3) is 0.500. The maximum Gasteiger partial charge on any atom is 0.255 e. The van der Waals surface area contributed by atoms with Crippen molar-refractivity contribution in [2.24, 2.45) is 0 Å². The van der Waals surface area contributed by atoms with E-state index in [9.17, 15) is 9.59 Å². The summed E-state index contributed by atoms with van der Waals surface area (Å²) in [6.45, 7) is 4.45. The van der Waals surface area contributed by atoms with E-state index >= 15 is 0 Å². The van der Waals surface area contributed by atoms with E-state index in [1.807, 2.05) is 4.90 Å². The molecule has 1 aromatic heterocycles. The lowest BCUT2D eigenvalue weighted by atomic mass is 10.1. The van der Waals surface area contributed by atoms with Crippen LogP contribution >= 0.6 is 0 Å². The van der Waals surface area contributed by atoms with E-state index in [1.165, 1.54) is 12.3 Å². The fourth-order valence-electron chi connectivity index (χ4n) is 1.96. The molecule has 0 saturated carbocycles. The zero-order chi connectivity index (χ0) is 12.4. The summed E-state index contributed by atoms with van der Waals surface area (Å²) in [6, 6.07) is 3.33. The van der Waals surface area contributed by atoms with Crippen LogP contribution in [0.3, 0.4) is 0 Å².